The number of hydrogen-bond acceptors (Lipinski definition) is 5. The second-order valence-electron chi connectivity index (χ2n) is 8.93. The third kappa shape index (κ3) is 2.21. The molecule has 0 bridgehead atoms. The van der Waals surface area contributed by atoms with E-state index < -0.39 is 17.4 Å². The predicted molar refractivity (Wildman–Crippen MR) is 97.6 cm³/mol. The lowest BCUT2D eigenvalue weighted by molar-refractivity contribution is -0.135. The van der Waals surface area contributed by atoms with Crippen molar-refractivity contribution >= 4 is 23.1 Å². The molecule has 5 heteroatoms. The van der Waals surface area contributed by atoms with Gasteiger partial charge in [-0.3, -0.25) is 19.2 Å². The van der Waals surface area contributed by atoms with Crippen LogP contribution in [0.25, 0.3) is 0 Å². The Labute approximate surface area is 158 Å². The van der Waals surface area contributed by atoms with Gasteiger partial charge in [-0.15, -0.1) is 0 Å². The number of rotatable bonds is 2. The summed E-state index contributed by atoms with van der Waals surface area (Å²) in [6.45, 7) is 5.20. The van der Waals surface area contributed by atoms with E-state index >= 15 is 0 Å². The van der Waals surface area contributed by atoms with Crippen molar-refractivity contribution in [2.45, 2.75) is 40.0 Å². The zero-order chi connectivity index (χ0) is 19.7. The van der Waals surface area contributed by atoms with Crippen LogP contribution in [0.2, 0.25) is 0 Å². The van der Waals surface area contributed by atoms with Crippen LogP contribution in [-0.4, -0.2) is 34.8 Å². The topological polar surface area (TPSA) is 88.5 Å². The van der Waals surface area contributed by atoms with E-state index in [2.05, 4.69) is 0 Å². The van der Waals surface area contributed by atoms with E-state index in [9.17, 15) is 24.3 Å². The van der Waals surface area contributed by atoms with Gasteiger partial charge in [0.15, 0.2) is 23.1 Å². The summed E-state index contributed by atoms with van der Waals surface area (Å²) >= 11 is 0. The fourth-order valence-corrected chi connectivity index (χ4v) is 6.22. The summed E-state index contributed by atoms with van der Waals surface area (Å²) in [5, 5.41) is 9.43. The highest BCUT2D eigenvalue weighted by Crippen LogP contribution is 2.62. The van der Waals surface area contributed by atoms with Crippen molar-refractivity contribution in [3.05, 3.63) is 34.9 Å². The molecule has 27 heavy (non-hydrogen) atoms. The van der Waals surface area contributed by atoms with Crippen molar-refractivity contribution in [1.29, 1.82) is 0 Å². The van der Waals surface area contributed by atoms with Gasteiger partial charge >= 0.3 is 0 Å². The van der Waals surface area contributed by atoms with Gasteiger partial charge in [-0.1, -0.05) is 26.0 Å². The molecule has 0 amide bonds. The zero-order valence-electron chi connectivity index (χ0n) is 15.9. The summed E-state index contributed by atoms with van der Waals surface area (Å²) in [6, 6.07) is 0. The molecule has 0 saturated heterocycles. The molecule has 0 aromatic heterocycles. The molecule has 142 valence electrons. The highest BCUT2D eigenvalue weighted by atomic mass is 16.3. The predicted octanol–water partition coefficient (Wildman–Crippen LogP) is 2.14. The molecule has 4 aliphatic rings. The number of Topliss-reactive ketones (excluding diaryl/α,β-unsaturated/α-hetero) is 3. The first-order valence-electron chi connectivity index (χ1n) is 9.52. The van der Waals surface area contributed by atoms with Crippen molar-refractivity contribution in [2.75, 3.05) is 6.61 Å². The Kier molecular flexibility index (Phi) is 3.83. The quantitative estimate of drug-likeness (QED) is 0.755. The number of allylic oxidation sites excluding steroid dienone is 6. The van der Waals surface area contributed by atoms with Gasteiger partial charge in [0.2, 0.25) is 0 Å². The van der Waals surface area contributed by atoms with Crippen LogP contribution in [0.1, 0.15) is 40.0 Å². The first-order chi connectivity index (χ1) is 12.6. The summed E-state index contributed by atoms with van der Waals surface area (Å²) in [6.07, 6.45) is 5.90. The molecule has 4 rings (SSSR count). The molecule has 0 spiro atoms. The number of carbonyl (C=O) groups is 4. The molecule has 1 unspecified atom stereocenters. The standard InChI is InChI=1S/C22H24O5/c1-11-6-15-14-5-4-12-7-13(24)8-18(27)22(12,3)20(14)16(25)9-21(15,2)19(11)17(26)10-23/h4-5,7,11,15,19,23H,6,8-10H2,1-3H3/t11?,15-,19+,21-,22+/m0/s1. The number of carbonyl (C=O) groups excluding carboxylic acids is 4. The van der Waals surface area contributed by atoms with Gasteiger partial charge in [-0.05, 0) is 47.8 Å². The van der Waals surface area contributed by atoms with Crippen molar-refractivity contribution in [3.63, 3.8) is 0 Å². The van der Waals surface area contributed by atoms with Crippen LogP contribution in [0.5, 0.6) is 0 Å². The number of hydrogen-bond donors (Lipinski definition) is 1. The second kappa shape index (κ2) is 5.68. The van der Waals surface area contributed by atoms with Crippen molar-refractivity contribution < 1.29 is 24.3 Å². The summed E-state index contributed by atoms with van der Waals surface area (Å²) < 4.78 is 0. The molecule has 1 N–H and O–H groups in total. The number of aliphatic hydroxyl groups is 1. The lowest BCUT2D eigenvalue weighted by atomic mass is 9.54. The molecule has 1 fully saturated rings. The number of aliphatic hydroxyl groups excluding tert-OH is 1. The molecule has 5 atom stereocenters. The lowest BCUT2D eigenvalue weighted by Crippen LogP contribution is -2.48. The molecule has 0 radical (unpaired) electrons. The van der Waals surface area contributed by atoms with Crippen LogP contribution in [0.4, 0.5) is 0 Å². The third-order valence-corrected chi connectivity index (χ3v) is 7.40. The molecular formula is C22H24O5. The van der Waals surface area contributed by atoms with Crippen molar-refractivity contribution in [1.82, 2.24) is 0 Å². The molecule has 4 aliphatic carbocycles. The van der Waals surface area contributed by atoms with E-state index in [-0.39, 0.29) is 53.7 Å². The molecule has 0 aromatic carbocycles. The average molecular weight is 368 g/mol. The minimum absolute atomic E-state index is 0.0132. The van der Waals surface area contributed by atoms with Crippen LogP contribution in [0, 0.1) is 28.6 Å². The largest absolute Gasteiger partial charge is 0.389 e. The molecule has 0 aromatic rings. The van der Waals surface area contributed by atoms with E-state index in [1.165, 1.54) is 6.08 Å². The van der Waals surface area contributed by atoms with Gasteiger partial charge in [0.25, 0.3) is 0 Å². The maximum Gasteiger partial charge on any atom is 0.163 e. The summed E-state index contributed by atoms with van der Waals surface area (Å²) in [5.41, 5.74) is 0.328. The van der Waals surface area contributed by atoms with Crippen LogP contribution < -0.4 is 0 Å². The van der Waals surface area contributed by atoms with E-state index in [4.69, 9.17) is 0 Å². The van der Waals surface area contributed by atoms with E-state index in [0.717, 1.165) is 12.0 Å². The highest BCUT2D eigenvalue weighted by molar-refractivity contribution is 6.17. The Balaban J connectivity index is 1.89. The van der Waals surface area contributed by atoms with Gasteiger partial charge in [-0.2, -0.15) is 0 Å². The number of fused-ring (bicyclic) bond motifs is 4. The van der Waals surface area contributed by atoms with Gasteiger partial charge in [0.05, 0.1) is 11.8 Å². The molecule has 5 nitrogen and oxygen atoms in total. The third-order valence-electron chi connectivity index (χ3n) is 7.40. The maximum absolute atomic E-state index is 13.3. The smallest absolute Gasteiger partial charge is 0.163 e. The average Bonchev–Trinajstić information content (AvgIpc) is 2.85. The summed E-state index contributed by atoms with van der Waals surface area (Å²) in [5.74, 6) is -1.11. The number of ketones is 4. The Morgan fingerprint density at radius 2 is 1.93 bits per heavy atom. The molecule has 1 saturated carbocycles. The summed E-state index contributed by atoms with van der Waals surface area (Å²) in [4.78, 5) is 50.4. The van der Waals surface area contributed by atoms with Gasteiger partial charge < -0.3 is 5.11 Å². The first kappa shape index (κ1) is 18.2. The minimum atomic E-state index is -1.07. The van der Waals surface area contributed by atoms with E-state index in [1.807, 2.05) is 19.9 Å². The minimum Gasteiger partial charge on any atom is -0.389 e. The van der Waals surface area contributed by atoms with Crippen LogP contribution in [0.3, 0.4) is 0 Å². The van der Waals surface area contributed by atoms with Gasteiger partial charge in [0.1, 0.15) is 6.61 Å². The normalized spacial score (nSPS) is 40.5. The lowest BCUT2D eigenvalue weighted by Gasteiger charge is -2.47. The molecule has 0 heterocycles. The monoisotopic (exact) mass is 368 g/mol. The Hall–Kier alpha value is -2.14. The van der Waals surface area contributed by atoms with Gasteiger partial charge in [0, 0.05) is 17.9 Å². The molecule has 0 aliphatic heterocycles. The van der Waals surface area contributed by atoms with Crippen LogP contribution in [-0.2, 0) is 19.2 Å². The fourth-order valence-electron chi connectivity index (χ4n) is 6.22. The highest BCUT2D eigenvalue weighted by Gasteiger charge is 2.60. The van der Waals surface area contributed by atoms with E-state index in [1.54, 1.807) is 13.0 Å². The fraction of sp³-hybridized carbons (Fsp3) is 0.545. The maximum atomic E-state index is 13.3. The SMILES string of the molecule is CC1C[C@H]2C3=C(C(=O)C[C@]2(C)[C@H]1C(=O)CO)[C@@]1(C)C(=O)CC(=O)C=C1C=C3. The Bertz CT molecular complexity index is 888. The Morgan fingerprint density at radius 1 is 1.22 bits per heavy atom. The Morgan fingerprint density at radius 3 is 2.59 bits per heavy atom. The zero-order valence-corrected chi connectivity index (χ0v) is 15.9. The second-order valence-corrected chi connectivity index (χ2v) is 8.93. The van der Waals surface area contributed by atoms with Crippen molar-refractivity contribution in [2.24, 2.45) is 28.6 Å². The van der Waals surface area contributed by atoms with Crippen molar-refractivity contribution in [3.8, 4) is 0 Å². The first-order valence-corrected chi connectivity index (χ1v) is 9.52. The van der Waals surface area contributed by atoms with E-state index in [0.29, 0.717) is 11.1 Å². The van der Waals surface area contributed by atoms with Gasteiger partial charge in [-0.25, -0.2) is 0 Å². The molecular weight excluding hydrogens is 344 g/mol. The van der Waals surface area contributed by atoms with Crippen LogP contribution >= 0.6 is 0 Å². The summed E-state index contributed by atoms with van der Waals surface area (Å²) in [7, 11) is 0. The van der Waals surface area contributed by atoms with Crippen LogP contribution in [0.15, 0.2) is 34.9 Å².